The van der Waals surface area contributed by atoms with Crippen LogP contribution >= 0.6 is 0 Å². The first-order chi connectivity index (χ1) is 12.9. The summed E-state index contributed by atoms with van der Waals surface area (Å²) >= 11 is 0. The minimum Gasteiger partial charge on any atom is -0.497 e. The summed E-state index contributed by atoms with van der Waals surface area (Å²) in [5, 5.41) is 2.80. The van der Waals surface area contributed by atoms with Crippen molar-refractivity contribution in [2.75, 3.05) is 14.2 Å². The Morgan fingerprint density at radius 2 is 1.78 bits per heavy atom. The first-order valence-corrected chi connectivity index (χ1v) is 10.0. The van der Waals surface area contributed by atoms with E-state index in [1.807, 2.05) is 0 Å². The fraction of sp³-hybridized carbons (Fsp3) is 0.316. The van der Waals surface area contributed by atoms with E-state index < -0.39 is 10.0 Å². The summed E-state index contributed by atoms with van der Waals surface area (Å²) in [6.45, 7) is 0.252. The van der Waals surface area contributed by atoms with E-state index >= 15 is 0 Å². The van der Waals surface area contributed by atoms with Crippen molar-refractivity contribution in [3.63, 3.8) is 0 Å². The van der Waals surface area contributed by atoms with Crippen molar-refractivity contribution in [2.24, 2.45) is 0 Å². The first-order valence-electron chi connectivity index (χ1n) is 8.54. The minimum absolute atomic E-state index is 0.0378. The van der Waals surface area contributed by atoms with Gasteiger partial charge in [-0.25, -0.2) is 13.1 Å². The van der Waals surface area contributed by atoms with Crippen LogP contribution in [0.1, 0.15) is 28.8 Å². The Bertz CT molecular complexity index is 922. The molecular weight excluding hydrogens is 368 g/mol. The van der Waals surface area contributed by atoms with Gasteiger partial charge in [0.05, 0.1) is 19.1 Å². The Morgan fingerprint density at radius 1 is 1.07 bits per heavy atom. The van der Waals surface area contributed by atoms with Crippen LogP contribution in [0.2, 0.25) is 0 Å². The molecule has 0 heterocycles. The van der Waals surface area contributed by atoms with Crippen LogP contribution in [0.4, 0.5) is 0 Å². The van der Waals surface area contributed by atoms with Crippen molar-refractivity contribution >= 4 is 15.9 Å². The number of carbonyl (C=O) groups is 1. The van der Waals surface area contributed by atoms with Crippen LogP contribution in [0.3, 0.4) is 0 Å². The van der Waals surface area contributed by atoms with Crippen LogP contribution in [0.25, 0.3) is 0 Å². The van der Waals surface area contributed by atoms with E-state index in [4.69, 9.17) is 9.47 Å². The summed E-state index contributed by atoms with van der Waals surface area (Å²) in [5.74, 6) is 1.00. The molecule has 1 fully saturated rings. The zero-order valence-electron chi connectivity index (χ0n) is 15.2. The summed E-state index contributed by atoms with van der Waals surface area (Å²) < 4.78 is 37.4. The number of methoxy groups -OCH3 is 2. The number of sulfonamides is 1. The highest BCUT2D eigenvalue weighted by Gasteiger charge is 2.27. The molecule has 0 atom stereocenters. The highest BCUT2D eigenvalue weighted by Crippen LogP contribution is 2.24. The van der Waals surface area contributed by atoms with Gasteiger partial charge in [0.2, 0.25) is 10.0 Å². The topological polar surface area (TPSA) is 93.7 Å². The molecule has 0 aliphatic heterocycles. The maximum absolute atomic E-state index is 12.4. The number of rotatable bonds is 8. The molecule has 1 aliphatic rings. The molecular formula is C19H22N2O5S. The van der Waals surface area contributed by atoms with E-state index in [-0.39, 0.29) is 23.4 Å². The Morgan fingerprint density at radius 3 is 2.37 bits per heavy atom. The predicted molar refractivity (Wildman–Crippen MR) is 101 cm³/mol. The molecule has 0 radical (unpaired) electrons. The lowest BCUT2D eigenvalue weighted by Crippen LogP contribution is -2.26. The molecule has 144 valence electrons. The monoisotopic (exact) mass is 390 g/mol. The van der Waals surface area contributed by atoms with Crippen molar-refractivity contribution in [1.29, 1.82) is 0 Å². The molecule has 2 aromatic carbocycles. The van der Waals surface area contributed by atoms with Gasteiger partial charge in [-0.05, 0) is 55.3 Å². The molecule has 2 aromatic rings. The highest BCUT2D eigenvalue weighted by molar-refractivity contribution is 7.89. The van der Waals surface area contributed by atoms with Gasteiger partial charge in [-0.15, -0.1) is 0 Å². The maximum atomic E-state index is 12.4. The second kappa shape index (κ2) is 7.98. The van der Waals surface area contributed by atoms with Crippen LogP contribution < -0.4 is 19.5 Å². The second-order valence-electron chi connectivity index (χ2n) is 6.28. The molecule has 1 amide bonds. The number of nitrogens with one attached hydrogen (secondary N) is 2. The van der Waals surface area contributed by atoms with Gasteiger partial charge in [-0.3, -0.25) is 4.79 Å². The van der Waals surface area contributed by atoms with Gasteiger partial charge in [-0.2, -0.15) is 0 Å². The average Bonchev–Trinajstić information content (AvgIpc) is 3.49. The smallest absolute Gasteiger partial charge is 0.251 e. The maximum Gasteiger partial charge on any atom is 0.251 e. The molecule has 0 bridgehead atoms. The molecule has 0 aromatic heterocycles. The van der Waals surface area contributed by atoms with Crippen molar-refractivity contribution in [2.45, 2.75) is 30.3 Å². The molecule has 27 heavy (non-hydrogen) atoms. The minimum atomic E-state index is -3.52. The van der Waals surface area contributed by atoms with Crippen LogP contribution in [0.5, 0.6) is 11.5 Å². The lowest BCUT2D eigenvalue weighted by molar-refractivity contribution is 0.0950. The first kappa shape index (κ1) is 19.2. The van der Waals surface area contributed by atoms with Gasteiger partial charge < -0.3 is 14.8 Å². The van der Waals surface area contributed by atoms with Gasteiger partial charge in [-0.1, -0.05) is 0 Å². The Hall–Kier alpha value is -2.58. The zero-order chi connectivity index (χ0) is 19.4. The van der Waals surface area contributed by atoms with Crippen molar-refractivity contribution in [3.8, 4) is 11.5 Å². The van der Waals surface area contributed by atoms with Gasteiger partial charge in [0, 0.05) is 23.7 Å². The van der Waals surface area contributed by atoms with E-state index in [0.717, 1.165) is 18.4 Å². The third-order valence-corrected chi connectivity index (χ3v) is 5.79. The SMILES string of the molecule is COc1ccc(OC)c(CNC(=O)c2ccc(S(=O)(=O)NC3CC3)cc2)c1. The number of hydrogen-bond donors (Lipinski definition) is 2. The van der Waals surface area contributed by atoms with Gasteiger partial charge in [0.25, 0.3) is 5.91 Å². The molecule has 0 unspecified atom stereocenters. The van der Waals surface area contributed by atoms with E-state index in [2.05, 4.69) is 10.0 Å². The summed E-state index contributed by atoms with van der Waals surface area (Å²) in [6, 6.07) is 11.2. The Kier molecular flexibility index (Phi) is 5.67. The largest absolute Gasteiger partial charge is 0.497 e. The van der Waals surface area contributed by atoms with E-state index in [1.54, 1.807) is 32.4 Å². The van der Waals surface area contributed by atoms with Crippen molar-refractivity contribution in [3.05, 3.63) is 53.6 Å². The molecule has 1 aliphatic carbocycles. The van der Waals surface area contributed by atoms with Gasteiger partial charge >= 0.3 is 0 Å². The number of carbonyl (C=O) groups excluding carboxylic acids is 1. The van der Waals surface area contributed by atoms with Crippen LogP contribution in [-0.4, -0.2) is 34.6 Å². The molecule has 0 spiro atoms. The third-order valence-electron chi connectivity index (χ3n) is 4.25. The summed E-state index contributed by atoms with van der Waals surface area (Å²) in [6.07, 6.45) is 1.74. The number of benzene rings is 2. The number of amides is 1. The molecule has 2 N–H and O–H groups in total. The molecule has 8 heteroatoms. The molecule has 7 nitrogen and oxygen atoms in total. The molecule has 0 saturated heterocycles. The van der Waals surface area contributed by atoms with E-state index in [1.165, 1.54) is 24.3 Å². The van der Waals surface area contributed by atoms with Crippen LogP contribution in [0.15, 0.2) is 47.4 Å². The molecule has 1 saturated carbocycles. The highest BCUT2D eigenvalue weighted by atomic mass is 32.2. The fourth-order valence-corrected chi connectivity index (χ4v) is 3.88. The second-order valence-corrected chi connectivity index (χ2v) is 7.99. The lowest BCUT2D eigenvalue weighted by Gasteiger charge is -2.12. The predicted octanol–water partition coefficient (Wildman–Crippen LogP) is 2.07. The van der Waals surface area contributed by atoms with Gasteiger partial charge in [0.15, 0.2) is 0 Å². The summed E-state index contributed by atoms with van der Waals surface area (Å²) in [4.78, 5) is 12.5. The normalized spacial score (nSPS) is 13.9. The fourth-order valence-electron chi connectivity index (χ4n) is 2.57. The average molecular weight is 390 g/mol. The van der Waals surface area contributed by atoms with Crippen LogP contribution in [0, 0.1) is 0 Å². The van der Waals surface area contributed by atoms with E-state index in [0.29, 0.717) is 17.1 Å². The Balaban J connectivity index is 1.66. The van der Waals surface area contributed by atoms with E-state index in [9.17, 15) is 13.2 Å². The van der Waals surface area contributed by atoms with Crippen LogP contribution in [-0.2, 0) is 16.6 Å². The molecule has 3 rings (SSSR count). The van der Waals surface area contributed by atoms with Crippen molar-refractivity contribution in [1.82, 2.24) is 10.0 Å². The number of hydrogen-bond acceptors (Lipinski definition) is 5. The zero-order valence-corrected chi connectivity index (χ0v) is 16.0. The quantitative estimate of drug-likeness (QED) is 0.720. The van der Waals surface area contributed by atoms with Gasteiger partial charge in [0.1, 0.15) is 11.5 Å². The third kappa shape index (κ3) is 4.78. The standard InChI is InChI=1S/C19H22N2O5S/c1-25-16-7-10-18(26-2)14(11-16)12-20-19(22)13-3-8-17(9-4-13)27(23,24)21-15-5-6-15/h3-4,7-11,15,21H,5-6,12H2,1-2H3,(H,20,22). The Labute approximate surface area is 158 Å². The lowest BCUT2D eigenvalue weighted by atomic mass is 10.1. The summed E-state index contributed by atoms with van der Waals surface area (Å²) in [7, 11) is -0.399. The number of ether oxygens (including phenoxy) is 2. The van der Waals surface area contributed by atoms with Crippen molar-refractivity contribution < 1.29 is 22.7 Å². The summed E-state index contributed by atoms with van der Waals surface area (Å²) in [5.41, 5.74) is 1.15.